The van der Waals surface area contributed by atoms with Gasteiger partial charge in [0.25, 0.3) is 5.91 Å². The maximum absolute atomic E-state index is 11.8. The molecule has 0 heterocycles. The largest absolute Gasteiger partial charge is 0.484 e. The summed E-state index contributed by atoms with van der Waals surface area (Å²) in [5.74, 6) is -0.612. The number of carbonyl (C=O) groups excluding carboxylic acids is 1. The van der Waals surface area contributed by atoms with Crippen LogP contribution in [-0.2, 0) is 14.3 Å². The van der Waals surface area contributed by atoms with Crippen molar-refractivity contribution in [1.29, 1.82) is 0 Å². The minimum Gasteiger partial charge on any atom is -0.484 e. The summed E-state index contributed by atoms with van der Waals surface area (Å²) in [6, 6.07) is 6.51. The van der Waals surface area contributed by atoms with Gasteiger partial charge in [-0.25, -0.2) is 4.79 Å². The van der Waals surface area contributed by atoms with E-state index in [4.69, 9.17) is 14.6 Å². The van der Waals surface area contributed by atoms with Crippen LogP contribution < -0.4 is 10.1 Å². The maximum atomic E-state index is 11.8. The number of carboxylic acids is 1. The summed E-state index contributed by atoms with van der Waals surface area (Å²) in [7, 11) is 1.48. The molecule has 1 atom stereocenters. The highest BCUT2D eigenvalue weighted by atomic mass is 16.5. The molecule has 122 valence electrons. The van der Waals surface area contributed by atoms with Crippen molar-refractivity contribution in [2.24, 2.45) is 0 Å². The summed E-state index contributed by atoms with van der Waals surface area (Å²) in [6.07, 6.45) is 0.209. The van der Waals surface area contributed by atoms with E-state index in [-0.39, 0.29) is 19.6 Å². The van der Waals surface area contributed by atoms with Gasteiger partial charge in [-0.15, -0.1) is 0 Å². The fourth-order valence-corrected chi connectivity index (χ4v) is 1.84. The zero-order valence-corrected chi connectivity index (χ0v) is 13.2. The molecule has 0 aliphatic rings. The number of carboxylic acid groups (broad SMARTS) is 1. The van der Waals surface area contributed by atoms with Gasteiger partial charge in [0.1, 0.15) is 11.8 Å². The fraction of sp³-hybridized carbons (Fsp3) is 0.500. The van der Waals surface area contributed by atoms with Gasteiger partial charge in [0, 0.05) is 20.1 Å². The molecule has 0 aliphatic carbocycles. The van der Waals surface area contributed by atoms with Crippen molar-refractivity contribution in [1.82, 2.24) is 5.32 Å². The Kier molecular flexibility index (Phi) is 7.39. The molecule has 0 spiro atoms. The third kappa shape index (κ3) is 6.13. The number of methoxy groups -OCH3 is 1. The molecular formula is C16H23NO5. The SMILES string of the molecule is COCCC(NC(=O)COc1cccc(C(C)C)c1)C(=O)O. The fourth-order valence-electron chi connectivity index (χ4n) is 1.84. The number of hydrogen-bond acceptors (Lipinski definition) is 4. The van der Waals surface area contributed by atoms with E-state index in [2.05, 4.69) is 19.2 Å². The molecule has 0 saturated carbocycles. The van der Waals surface area contributed by atoms with Crippen LogP contribution in [0.1, 0.15) is 31.7 Å². The average Bonchev–Trinajstić information content (AvgIpc) is 2.49. The molecule has 1 amide bonds. The number of carbonyl (C=O) groups is 2. The van der Waals surface area contributed by atoms with Crippen molar-refractivity contribution in [2.75, 3.05) is 20.3 Å². The minimum absolute atomic E-state index is 0.209. The second-order valence-electron chi connectivity index (χ2n) is 5.26. The van der Waals surface area contributed by atoms with Gasteiger partial charge in [-0.2, -0.15) is 0 Å². The second kappa shape index (κ2) is 9.04. The molecule has 2 N–H and O–H groups in total. The summed E-state index contributed by atoms with van der Waals surface area (Å²) >= 11 is 0. The van der Waals surface area contributed by atoms with Crippen molar-refractivity contribution in [3.8, 4) is 5.75 Å². The third-order valence-electron chi connectivity index (χ3n) is 3.14. The van der Waals surface area contributed by atoms with Crippen molar-refractivity contribution in [3.05, 3.63) is 29.8 Å². The standard InChI is InChI=1S/C16H23NO5/c1-11(2)12-5-4-6-13(9-12)22-10-15(18)17-14(16(19)20)7-8-21-3/h4-6,9,11,14H,7-8,10H2,1-3H3,(H,17,18)(H,19,20). The van der Waals surface area contributed by atoms with Crippen molar-refractivity contribution in [3.63, 3.8) is 0 Å². The van der Waals surface area contributed by atoms with Crippen LogP contribution in [0.5, 0.6) is 5.75 Å². The van der Waals surface area contributed by atoms with Crippen LogP contribution in [0.3, 0.4) is 0 Å². The first kappa shape index (κ1) is 18.0. The zero-order valence-electron chi connectivity index (χ0n) is 13.2. The van der Waals surface area contributed by atoms with E-state index in [1.165, 1.54) is 7.11 Å². The summed E-state index contributed by atoms with van der Waals surface area (Å²) in [5, 5.41) is 11.4. The Bertz CT molecular complexity index is 501. The summed E-state index contributed by atoms with van der Waals surface area (Å²) in [4.78, 5) is 22.8. The highest BCUT2D eigenvalue weighted by Gasteiger charge is 2.19. The van der Waals surface area contributed by atoms with Gasteiger partial charge >= 0.3 is 5.97 Å². The number of ether oxygens (including phenoxy) is 2. The number of aliphatic carboxylic acids is 1. The Morgan fingerprint density at radius 2 is 2.05 bits per heavy atom. The van der Waals surface area contributed by atoms with Crippen LogP contribution in [0.25, 0.3) is 0 Å². The third-order valence-corrected chi connectivity index (χ3v) is 3.14. The molecule has 1 rings (SSSR count). The Hall–Kier alpha value is -2.08. The molecule has 1 aromatic carbocycles. The van der Waals surface area contributed by atoms with Gasteiger partial charge in [0.05, 0.1) is 0 Å². The molecule has 6 nitrogen and oxygen atoms in total. The van der Waals surface area contributed by atoms with Crippen LogP contribution in [0.4, 0.5) is 0 Å². The predicted molar refractivity (Wildman–Crippen MR) is 82.1 cm³/mol. The Balaban J connectivity index is 2.51. The van der Waals surface area contributed by atoms with Gasteiger partial charge in [-0.05, 0) is 23.6 Å². The molecule has 0 bridgehead atoms. The van der Waals surface area contributed by atoms with Gasteiger partial charge in [0.15, 0.2) is 6.61 Å². The molecule has 1 aromatic rings. The smallest absolute Gasteiger partial charge is 0.326 e. The van der Waals surface area contributed by atoms with Crippen molar-refractivity contribution >= 4 is 11.9 Å². The second-order valence-corrected chi connectivity index (χ2v) is 5.26. The van der Waals surface area contributed by atoms with Gasteiger partial charge in [0.2, 0.25) is 0 Å². The molecule has 22 heavy (non-hydrogen) atoms. The van der Waals surface area contributed by atoms with Gasteiger partial charge in [-0.3, -0.25) is 4.79 Å². The molecule has 0 fully saturated rings. The number of benzene rings is 1. The Morgan fingerprint density at radius 1 is 1.32 bits per heavy atom. The minimum atomic E-state index is -1.09. The normalized spacial score (nSPS) is 12.0. The summed E-state index contributed by atoms with van der Waals surface area (Å²) < 4.78 is 10.2. The van der Waals surface area contributed by atoms with Crippen molar-refractivity contribution in [2.45, 2.75) is 32.2 Å². The van der Waals surface area contributed by atoms with E-state index in [9.17, 15) is 9.59 Å². The Labute approximate surface area is 130 Å². The van der Waals surface area contributed by atoms with Gasteiger partial charge in [-0.1, -0.05) is 26.0 Å². The van der Waals surface area contributed by atoms with Crippen LogP contribution in [0.15, 0.2) is 24.3 Å². The van der Waals surface area contributed by atoms with Crippen LogP contribution in [-0.4, -0.2) is 43.3 Å². The first-order valence-corrected chi connectivity index (χ1v) is 7.18. The van der Waals surface area contributed by atoms with Crippen LogP contribution in [0.2, 0.25) is 0 Å². The monoisotopic (exact) mass is 309 g/mol. The maximum Gasteiger partial charge on any atom is 0.326 e. The van der Waals surface area contributed by atoms with E-state index in [0.29, 0.717) is 11.7 Å². The van der Waals surface area contributed by atoms with E-state index >= 15 is 0 Å². The lowest BCUT2D eigenvalue weighted by Crippen LogP contribution is -2.43. The Morgan fingerprint density at radius 3 is 2.64 bits per heavy atom. The van der Waals surface area contributed by atoms with E-state index in [1.54, 1.807) is 6.07 Å². The van der Waals surface area contributed by atoms with E-state index in [0.717, 1.165) is 5.56 Å². The lowest BCUT2D eigenvalue weighted by atomic mass is 10.0. The number of rotatable bonds is 9. The molecular weight excluding hydrogens is 286 g/mol. The summed E-state index contributed by atoms with van der Waals surface area (Å²) in [5.41, 5.74) is 1.11. The molecule has 6 heteroatoms. The lowest BCUT2D eigenvalue weighted by molar-refractivity contribution is -0.142. The quantitative estimate of drug-likeness (QED) is 0.726. The van der Waals surface area contributed by atoms with E-state index in [1.807, 2.05) is 18.2 Å². The number of nitrogens with one attached hydrogen (secondary N) is 1. The lowest BCUT2D eigenvalue weighted by Gasteiger charge is -2.15. The number of amides is 1. The first-order chi connectivity index (χ1) is 10.4. The topological polar surface area (TPSA) is 84.9 Å². The molecule has 0 aliphatic heterocycles. The van der Waals surface area contributed by atoms with Crippen LogP contribution in [0, 0.1) is 0 Å². The highest BCUT2D eigenvalue weighted by Crippen LogP contribution is 2.19. The average molecular weight is 309 g/mol. The molecule has 1 unspecified atom stereocenters. The van der Waals surface area contributed by atoms with Crippen molar-refractivity contribution < 1.29 is 24.2 Å². The predicted octanol–water partition coefficient (Wildman–Crippen LogP) is 1.79. The summed E-state index contributed by atoms with van der Waals surface area (Å²) in [6.45, 7) is 4.17. The van der Waals surface area contributed by atoms with E-state index < -0.39 is 17.9 Å². The highest BCUT2D eigenvalue weighted by molar-refractivity contribution is 5.84. The van der Waals surface area contributed by atoms with Gasteiger partial charge < -0.3 is 19.9 Å². The molecule has 0 aromatic heterocycles. The number of hydrogen-bond donors (Lipinski definition) is 2. The zero-order chi connectivity index (χ0) is 16.5. The van der Waals surface area contributed by atoms with Crippen LogP contribution >= 0.6 is 0 Å². The molecule has 0 radical (unpaired) electrons. The first-order valence-electron chi connectivity index (χ1n) is 7.18. The molecule has 0 saturated heterocycles.